The Bertz CT molecular complexity index is 145. The van der Waals surface area contributed by atoms with Crippen molar-refractivity contribution in [2.75, 3.05) is 19.7 Å². The van der Waals surface area contributed by atoms with Gasteiger partial charge in [-0.15, -0.1) is 0 Å². The van der Waals surface area contributed by atoms with E-state index in [9.17, 15) is 0 Å². The Labute approximate surface area is 82.3 Å². The first-order valence-corrected chi connectivity index (χ1v) is 5.45. The van der Waals surface area contributed by atoms with Crippen LogP contribution in [0.1, 0.15) is 34.1 Å². The number of hydrogen-bond donors (Lipinski definition) is 0. The molecule has 1 saturated heterocycles. The topological polar surface area (TPSA) is 12.5 Å². The summed E-state index contributed by atoms with van der Waals surface area (Å²) in [5.74, 6) is 0.768. The SMILES string of the molecule is CC(C)OC[C@H]1CCN(C(C)C)C1. The molecule has 0 bridgehead atoms. The smallest absolute Gasteiger partial charge is 0.0519 e. The van der Waals surface area contributed by atoms with E-state index in [1.54, 1.807) is 0 Å². The fraction of sp³-hybridized carbons (Fsp3) is 1.00. The molecule has 0 radical (unpaired) electrons. The van der Waals surface area contributed by atoms with Crippen molar-refractivity contribution < 1.29 is 4.74 Å². The summed E-state index contributed by atoms with van der Waals surface area (Å²) >= 11 is 0. The molecule has 1 heterocycles. The summed E-state index contributed by atoms with van der Waals surface area (Å²) in [5.41, 5.74) is 0. The molecule has 0 aromatic heterocycles. The maximum absolute atomic E-state index is 5.63. The Kier molecular flexibility index (Phi) is 4.20. The summed E-state index contributed by atoms with van der Waals surface area (Å²) in [6.45, 7) is 12.2. The van der Waals surface area contributed by atoms with E-state index < -0.39 is 0 Å². The molecule has 1 fully saturated rings. The molecular weight excluding hydrogens is 162 g/mol. The summed E-state index contributed by atoms with van der Waals surface area (Å²) in [4.78, 5) is 2.54. The van der Waals surface area contributed by atoms with Gasteiger partial charge in [-0.25, -0.2) is 0 Å². The van der Waals surface area contributed by atoms with Crippen molar-refractivity contribution in [3.8, 4) is 0 Å². The molecule has 13 heavy (non-hydrogen) atoms. The van der Waals surface area contributed by atoms with Crippen LogP contribution in [0.25, 0.3) is 0 Å². The molecule has 0 aromatic carbocycles. The van der Waals surface area contributed by atoms with Gasteiger partial charge in [0.1, 0.15) is 0 Å². The fourth-order valence-corrected chi connectivity index (χ4v) is 1.80. The first kappa shape index (κ1) is 11.0. The van der Waals surface area contributed by atoms with Crippen LogP contribution in [0.4, 0.5) is 0 Å². The van der Waals surface area contributed by atoms with Gasteiger partial charge in [-0.2, -0.15) is 0 Å². The van der Waals surface area contributed by atoms with Crippen LogP contribution in [0.2, 0.25) is 0 Å². The van der Waals surface area contributed by atoms with Gasteiger partial charge >= 0.3 is 0 Å². The molecule has 0 saturated carbocycles. The maximum Gasteiger partial charge on any atom is 0.0519 e. The molecule has 0 unspecified atom stereocenters. The summed E-state index contributed by atoms with van der Waals surface area (Å²) < 4.78 is 5.63. The quantitative estimate of drug-likeness (QED) is 0.665. The maximum atomic E-state index is 5.63. The van der Waals surface area contributed by atoms with Crippen LogP contribution in [0.3, 0.4) is 0 Å². The van der Waals surface area contributed by atoms with Gasteiger partial charge in [-0.3, -0.25) is 0 Å². The lowest BCUT2D eigenvalue weighted by Crippen LogP contribution is -2.29. The van der Waals surface area contributed by atoms with E-state index in [1.165, 1.54) is 19.5 Å². The minimum Gasteiger partial charge on any atom is -0.378 e. The predicted molar refractivity (Wildman–Crippen MR) is 55.9 cm³/mol. The summed E-state index contributed by atoms with van der Waals surface area (Å²) in [6, 6.07) is 0.698. The lowest BCUT2D eigenvalue weighted by atomic mass is 10.1. The highest BCUT2D eigenvalue weighted by Crippen LogP contribution is 2.18. The van der Waals surface area contributed by atoms with Gasteiger partial charge in [0.15, 0.2) is 0 Å². The molecule has 0 amide bonds. The van der Waals surface area contributed by atoms with Crippen LogP contribution in [0.5, 0.6) is 0 Å². The van der Waals surface area contributed by atoms with Gasteiger partial charge in [0.05, 0.1) is 12.7 Å². The molecule has 0 spiro atoms. The third-order valence-electron chi connectivity index (χ3n) is 2.71. The van der Waals surface area contributed by atoms with Crippen LogP contribution in [0, 0.1) is 5.92 Å². The molecular formula is C11H23NO. The van der Waals surface area contributed by atoms with Gasteiger partial charge in [0.2, 0.25) is 0 Å². The predicted octanol–water partition coefficient (Wildman–Crippen LogP) is 2.14. The van der Waals surface area contributed by atoms with E-state index in [-0.39, 0.29) is 0 Å². The van der Waals surface area contributed by atoms with E-state index in [2.05, 4.69) is 32.6 Å². The Hall–Kier alpha value is -0.0800. The van der Waals surface area contributed by atoms with Crippen molar-refractivity contribution in [2.45, 2.75) is 46.3 Å². The van der Waals surface area contributed by atoms with Crippen molar-refractivity contribution >= 4 is 0 Å². The standard InChI is InChI=1S/C11H23NO/c1-9(2)12-6-5-11(7-12)8-13-10(3)4/h9-11H,5-8H2,1-4H3/t11-/m0/s1. The van der Waals surface area contributed by atoms with E-state index in [4.69, 9.17) is 4.74 Å². The first-order chi connectivity index (χ1) is 6.09. The number of ether oxygens (including phenoxy) is 1. The van der Waals surface area contributed by atoms with Crippen LogP contribution in [0.15, 0.2) is 0 Å². The zero-order valence-electron chi connectivity index (χ0n) is 9.42. The molecule has 78 valence electrons. The van der Waals surface area contributed by atoms with Crippen LogP contribution in [-0.2, 0) is 4.74 Å². The van der Waals surface area contributed by atoms with Crippen molar-refractivity contribution in [1.82, 2.24) is 4.90 Å². The summed E-state index contributed by atoms with van der Waals surface area (Å²) in [5, 5.41) is 0. The zero-order valence-corrected chi connectivity index (χ0v) is 9.42. The van der Waals surface area contributed by atoms with Gasteiger partial charge < -0.3 is 9.64 Å². The molecule has 1 atom stereocenters. The lowest BCUT2D eigenvalue weighted by molar-refractivity contribution is 0.0522. The van der Waals surface area contributed by atoms with E-state index in [0.29, 0.717) is 12.1 Å². The van der Waals surface area contributed by atoms with Crippen LogP contribution in [-0.4, -0.2) is 36.7 Å². The number of rotatable bonds is 4. The second-order valence-corrected chi connectivity index (χ2v) is 4.63. The summed E-state index contributed by atoms with van der Waals surface area (Å²) in [7, 11) is 0. The molecule has 2 nitrogen and oxygen atoms in total. The Morgan fingerprint density at radius 2 is 2.00 bits per heavy atom. The van der Waals surface area contributed by atoms with Crippen molar-refractivity contribution in [3.05, 3.63) is 0 Å². The lowest BCUT2D eigenvalue weighted by Gasteiger charge is -2.20. The number of nitrogens with zero attached hydrogens (tertiary/aromatic N) is 1. The first-order valence-electron chi connectivity index (χ1n) is 5.45. The van der Waals surface area contributed by atoms with Crippen LogP contribution >= 0.6 is 0 Å². The molecule has 1 rings (SSSR count). The largest absolute Gasteiger partial charge is 0.378 e. The molecule has 2 heteroatoms. The number of likely N-dealkylation sites (tertiary alicyclic amines) is 1. The second-order valence-electron chi connectivity index (χ2n) is 4.63. The normalized spacial score (nSPS) is 24.9. The summed E-state index contributed by atoms with van der Waals surface area (Å²) in [6.07, 6.45) is 1.69. The zero-order chi connectivity index (χ0) is 9.84. The minimum atomic E-state index is 0.382. The Morgan fingerprint density at radius 3 is 2.46 bits per heavy atom. The third kappa shape index (κ3) is 3.65. The Morgan fingerprint density at radius 1 is 1.31 bits per heavy atom. The van der Waals surface area contributed by atoms with Gasteiger partial charge in [0, 0.05) is 12.6 Å². The highest BCUT2D eigenvalue weighted by atomic mass is 16.5. The van der Waals surface area contributed by atoms with E-state index in [0.717, 1.165) is 12.5 Å². The second kappa shape index (κ2) is 4.97. The highest BCUT2D eigenvalue weighted by molar-refractivity contribution is 4.77. The van der Waals surface area contributed by atoms with E-state index in [1.807, 2.05) is 0 Å². The van der Waals surface area contributed by atoms with Gasteiger partial charge in [0.25, 0.3) is 0 Å². The minimum absolute atomic E-state index is 0.382. The highest BCUT2D eigenvalue weighted by Gasteiger charge is 2.24. The monoisotopic (exact) mass is 185 g/mol. The molecule has 1 aliphatic heterocycles. The Balaban J connectivity index is 2.17. The van der Waals surface area contributed by atoms with Crippen molar-refractivity contribution in [1.29, 1.82) is 0 Å². The van der Waals surface area contributed by atoms with Crippen LogP contribution < -0.4 is 0 Å². The molecule has 0 N–H and O–H groups in total. The molecule has 0 aliphatic carbocycles. The molecule has 0 aromatic rings. The average molecular weight is 185 g/mol. The fourth-order valence-electron chi connectivity index (χ4n) is 1.80. The van der Waals surface area contributed by atoms with E-state index >= 15 is 0 Å². The van der Waals surface area contributed by atoms with Crippen molar-refractivity contribution in [3.63, 3.8) is 0 Å². The van der Waals surface area contributed by atoms with Gasteiger partial charge in [-0.05, 0) is 46.6 Å². The third-order valence-corrected chi connectivity index (χ3v) is 2.71. The average Bonchev–Trinajstić information content (AvgIpc) is 2.48. The van der Waals surface area contributed by atoms with Gasteiger partial charge in [-0.1, -0.05) is 0 Å². The number of hydrogen-bond acceptors (Lipinski definition) is 2. The van der Waals surface area contributed by atoms with Crippen molar-refractivity contribution in [2.24, 2.45) is 5.92 Å². The molecule has 1 aliphatic rings.